The van der Waals surface area contributed by atoms with Gasteiger partial charge in [0.2, 0.25) is 5.95 Å². The maximum absolute atomic E-state index is 4.48. The molecule has 2 fully saturated rings. The average Bonchev–Trinajstić information content (AvgIpc) is 3.09. The Morgan fingerprint density at radius 3 is 2.65 bits per heavy atom. The topological polar surface area (TPSA) is 41.1 Å². The summed E-state index contributed by atoms with van der Waals surface area (Å²) in [6.45, 7) is 4.25. The van der Waals surface area contributed by atoms with E-state index < -0.39 is 0 Å². The van der Waals surface area contributed by atoms with E-state index in [-0.39, 0.29) is 0 Å². The number of hydrogen-bond donors (Lipinski definition) is 1. The molecule has 1 aromatic rings. The van der Waals surface area contributed by atoms with Crippen molar-refractivity contribution in [1.82, 2.24) is 15.3 Å². The van der Waals surface area contributed by atoms with Crippen LogP contribution in [-0.4, -0.2) is 28.6 Å². The monoisotopic (exact) mass is 232 g/mol. The molecule has 2 aliphatic rings. The summed E-state index contributed by atoms with van der Waals surface area (Å²) >= 11 is 0. The molecule has 1 saturated carbocycles. The molecule has 1 aliphatic carbocycles. The van der Waals surface area contributed by atoms with Crippen LogP contribution in [0, 0.1) is 0 Å². The Morgan fingerprint density at radius 1 is 1.29 bits per heavy atom. The molecule has 1 aliphatic heterocycles. The van der Waals surface area contributed by atoms with E-state index in [0.29, 0.717) is 6.04 Å². The largest absolute Gasteiger partial charge is 0.338 e. The van der Waals surface area contributed by atoms with Crippen molar-refractivity contribution in [2.24, 2.45) is 0 Å². The van der Waals surface area contributed by atoms with Gasteiger partial charge in [-0.1, -0.05) is 0 Å². The van der Waals surface area contributed by atoms with E-state index in [1.54, 1.807) is 0 Å². The molecule has 0 aromatic carbocycles. The second-order valence-electron chi connectivity index (χ2n) is 5.23. The van der Waals surface area contributed by atoms with Crippen LogP contribution >= 0.6 is 0 Å². The van der Waals surface area contributed by atoms with Gasteiger partial charge in [0.05, 0.1) is 0 Å². The Labute approximate surface area is 102 Å². The summed E-state index contributed by atoms with van der Waals surface area (Å²) in [5, 5.41) is 3.48. The smallest absolute Gasteiger partial charge is 0.225 e. The minimum absolute atomic E-state index is 0.588. The third-order valence-electron chi connectivity index (χ3n) is 3.67. The summed E-state index contributed by atoms with van der Waals surface area (Å²) in [7, 11) is 0. The molecule has 17 heavy (non-hydrogen) atoms. The second kappa shape index (κ2) is 4.61. The van der Waals surface area contributed by atoms with Crippen molar-refractivity contribution >= 4 is 5.95 Å². The minimum Gasteiger partial charge on any atom is -0.338 e. The third kappa shape index (κ3) is 2.57. The fraction of sp³-hybridized carbons (Fsp3) is 0.692. The molecule has 4 heteroatoms. The Hall–Kier alpha value is -1.16. The van der Waals surface area contributed by atoms with Crippen molar-refractivity contribution in [3.63, 3.8) is 0 Å². The molecule has 92 valence electrons. The highest BCUT2D eigenvalue weighted by Gasteiger charge is 2.23. The molecule has 1 aromatic heterocycles. The zero-order valence-corrected chi connectivity index (χ0v) is 10.4. The molecule has 0 bridgehead atoms. The van der Waals surface area contributed by atoms with Crippen molar-refractivity contribution in [3.05, 3.63) is 18.0 Å². The van der Waals surface area contributed by atoms with Crippen LogP contribution in [0.2, 0.25) is 0 Å². The van der Waals surface area contributed by atoms with Crippen molar-refractivity contribution in [2.75, 3.05) is 11.4 Å². The molecular weight excluding hydrogens is 212 g/mol. The molecule has 0 spiro atoms. The number of nitrogens with zero attached hydrogens (tertiary/aromatic N) is 3. The fourth-order valence-electron chi connectivity index (χ4n) is 2.37. The maximum Gasteiger partial charge on any atom is 0.225 e. The van der Waals surface area contributed by atoms with Crippen molar-refractivity contribution in [2.45, 2.75) is 51.2 Å². The highest BCUT2D eigenvalue weighted by atomic mass is 15.3. The quantitative estimate of drug-likeness (QED) is 0.858. The predicted octanol–water partition coefficient (Wildman–Crippen LogP) is 1.72. The summed E-state index contributed by atoms with van der Waals surface area (Å²) in [4.78, 5) is 11.3. The van der Waals surface area contributed by atoms with Crippen molar-refractivity contribution in [1.29, 1.82) is 0 Å². The van der Waals surface area contributed by atoms with Crippen LogP contribution in [0.4, 0.5) is 5.95 Å². The lowest BCUT2D eigenvalue weighted by atomic mass is 10.2. The standard InChI is InChI=1S/C13H20N4/c1-10-3-2-6-17(10)13-15-8-11(9-16-13)7-14-12-4-5-12/h8-10,12,14H,2-7H2,1H3. The lowest BCUT2D eigenvalue weighted by Crippen LogP contribution is -2.28. The van der Waals surface area contributed by atoms with E-state index in [9.17, 15) is 0 Å². The van der Waals surface area contributed by atoms with Gasteiger partial charge >= 0.3 is 0 Å². The van der Waals surface area contributed by atoms with Crippen LogP contribution in [-0.2, 0) is 6.54 Å². The molecule has 3 rings (SSSR count). The van der Waals surface area contributed by atoms with Gasteiger partial charge in [0.1, 0.15) is 0 Å². The molecule has 2 heterocycles. The van der Waals surface area contributed by atoms with E-state index in [4.69, 9.17) is 0 Å². The number of rotatable bonds is 4. The minimum atomic E-state index is 0.588. The maximum atomic E-state index is 4.48. The summed E-state index contributed by atoms with van der Waals surface area (Å²) in [5.41, 5.74) is 1.19. The van der Waals surface area contributed by atoms with Crippen LogP contribution in [0.5, 0.6) is 0 Å². The van der Waals surface area contributed by atoms with Gasteiger partial charge in [-0.15, -0.1) is 0 Å². The van der Waals surface area contributed by atoms with Crippen LogP contribution in [0.3, 0.4) is 0 Å². The highest BCUT2D eigenvalue weighted by molar-refractivity contribution is 5.33. The molecule has 1 saturated heterocycles. The zero-order valence-electron chi connectivity index (χ0n) is 10.4. The molecule has 0 radical (unpaired) electrons. The van der Waals surface area contributed by atoms with Gasteiger partial charge in [0.15, 0.2) is 0 Å². The average molecular weight is 232 g/mol. The van der Waals surface area contributed by atoms with Gasteiger partial charge in [-0.3, -0.25) is 0 Å². The lowest BCUT2D eigenvalue weighted by molar-refractivity contribution is 0.679. The summed E-state index contributed by atoms with van der Waals surface area (Å²) in [6.07, 6.45) is 9.09. The Bertz CT molecular complexity index is 372. The van der Waals surface area contributed by atoms with E-state index in [0.717, 1.165) is 25.1 Å². The molecule has 1 unspecified atom stereocenters. The summed E-state index contributed by atoms with van der Waals surface area (Å²) in [6, 6.07) is 1.33. The zero-order chi connectivity index (χ0) is 11.7. The number of nitrogens with one attached hydrogen (secondary N) is 1. The Kier molecular flexibility index (Phi) is 2.97. The second-order valence-corrected chi connectivity index (χ2v) is 5.23. The van der Waals surface area contributed by atoms with Gasteiger partial charge in [-0.05, 0) is 32.6 Å². The highest BCUT2D eigenvalue weighted by Crippen LogP contribution is 2.22. The van der Waals surface area contributed by atoms with Crippen LogP contribution in [0.25, 0.3) is 0 Å². The molecule has 1 N–H and O–H groups in total. The number of hydrogen-bond acceptors (Lipinski definition) is 4. The Morgan fingerprint density at radius 2 is 2.06 bits per heavy atom. The van der Waals surface area contributed by atoms with Gasteiger partial charge in [0.25, 0.3) is 0 Å². The van der Waals surface area contributed by atoms with E-state index in [1.807, 2.05) is 12.4 Å². The first-order chi connectivity index (χ1) is 8.33. The number of anilines is 1. The van der Waals surface area contributed by atoms with Gasteiger partial charge < -0.3 is 10.2 Å². The third-order valence-corrected chi connectivity index (χ3v) is 3.67. The summed E-state index contributed by atoms with van der Waals surface area (Å²) < 4.78 is 0. The predicted molar refractivity (Wildman–Crippen MR) is 67.9 cm³/mol. The van der Waals surface area contributed by atoms with E-state index >= 15 is 0 Å². The molecule has 4 nitrogen and oxygen atoms in total. The van der Waals surface area contributed by atoms with Gasteiger partial charge in [-0.2, -0.15) is 0 Å². The van der Waals surface area contributed by atoms with Gasteiger partial charge in [0, 0.05) is 43.1 Å². The molecule has 1 atom stereocenters. The Balaban J connectivity index is 1.62. The molecular formula is C13H20N4. The first-order valence-corrected chi connectivity index (χ1v) is 6.64. The number of aromatic nitrogens is 2. The first-order valence-electron chi connectivity index (χ1n) is 6.64. The summed E-state index contributed by atoms with van der Waals surface area (Å²) in [5.74, 6) is 0.894. The van der Waals surface area contributed by atoms with Crippen LogP contribution < -0.4 is 10.2 Å². The normalized spacial score (nSPS) is 24.3. The van der Waals surface area contributed by atoms with E-state index in [1.165, 1.54) is 31.2 Å². The SMILES string of the molecule is CC1CCCN1c1ncc(CNC2CC2)cn1. The van der Waals surface area contributed by atoms with Crippen molar-refractivity contribution < 1.29 is 0 Å². The van der Waals surface area contributed by atoms with E-state index in [2.05, 4.69) is 27.1 Å². The van der Waals surface area contributed by atoms with Gasteiger partial charge in [-0.25, -0.2) is 9.97 Å². The van der Waals surface area contributed by atoms with Crippen LogP contribution in [0.15, 0.2) is 12.4 Å². The molecule has 0 amide bonds. The fourth-order valence-corrected chi connectivity index (χ4v) is 2.37. The van der Waals surface area contributed by atoms with Crippen molar-refractivity contribution in [3.8, 4) is 0 Å². The lowest BCUT2D eigenvalue weighted by Gasteiger charge is -2.21. The first kappa shape index (κ1) is 11.0. The van der Waals surface area contributed by atoms with Crippen LogP contribution in [0.1, 0.15) is 38.2 Å².